The van der Waals surface area contributed by atoms with Crippen LogP contribution in [0.3, 0.4) is 0 Å². The molecule has 0 bridgehead atoms. The summed E-state index contributed by atoms with van der Waals surface area (Å²) in [6.45, 7) is 1.09. The van der Waals surface area contributed by atoms with Gasteiger partial charge in [-0.05, 0) is 23.3 Å². The zero-order valence-electron chi connectivity index (χ0n) is 10.3. The molecular formula is C13H15N5O. The van der Waals surface area contributed by atoms with Crippen LogP contribution in [0.4, 0.5) is 5.82 Å². The average Bonchev–Trinajstić information content (AvgIpc) is 2.45. The van der Waals surface area contributed by atoms with Crippen LogP contribution in [-0.4, -0.2) is 16.1 Å². The van der Waals surface area contributed by atoms with Crippen LogP contribution in [0.1, 0.15) is 21.6 Å². The minimum atomic E-state index is -0.590. The van der Waals surface area contributed by atoms with E-state index in [1.54, 1.807) is 6.07 Å². The standard InChI is InChI=1S/C13H15N5O/c14-7-9-3-1-2-4-10(9)8-16-12-6-5-11(13(15)19)17-18-12/h1-6H,7-8,14H2,(H2,15,19)(H,16,18). The number of primary amides is 1. The molecule has 19 heavy (non-hydrogen) atoms. The molecular weight excluding hydrogens is 242 g/mol. The maximum Gasteiger partial charge on any atom is 0.269 e. The molecule has 1 aromatic carbocycles. The summed E-state index contributed by atoms with van der Waals surface area (Å²) in [6, 6.07) is 11.1. The second-order valence-electron chi connectivity index (χ2n) is 3.99. The van der Waals surface area contributed by atoms with Crippen LogP contribution < -0.4 is 16.8 Å². The van der Waals surface area contributed by atoms with Crippen molar-refractivity contribution in [1.29, 1.82) is 0 Å². The van der Waals surface area contributed by atoms with Crippen LogP contribution in [0.2, 0.25) is 0 Å². The molecule has 0 spiro atoms. The first kappa shape index (κ1) is 13.0. The lowest BCUT2D eigenvalue weighted by molar-refractivity contribution is 0.0994. The number of anilines is 1. The summed E-state index contributed by atoms with van der Waals surface area (Å²) in [5.74, 6) is -0.00986. The lowest BCUT2D eigenvalue weighted by Gasteiger charge is -2.09. The van der Waals surface area contributed by atoms with E-state index in [0.29, 0.717) is 18.9 Å². The molecule has 6 nitrogen and oxygen atoms in total. The van der Waals surface area contributed by atoms with Gasteiger partial charge in [-0.25, -0.2) is 0 Å². The summed E-state index contributed by atoms with van der Waals surface area (Å²) in [4.78, 5) is 10.9. The predicted molar refractivity (Wildman–Crippen MR) is 72.2 cm³/mol. The number of hydrogen-bond acceptors (Lipinski definition) is 5. The molecule has 0 aliphatic rings. The predicted octanol–water partition coefficient (Wildman–Crippen LogP) is 0.646. The number of carbonyl (C=O) groups is 1. The fraction of sp³-hybridized carbons (Fsp3) is 0.154. The number of hydrogen-bond donors (Lipinski definition) is 3. The SMILES string of the molecule is NCc1ccccc1CNc1ccc(C(N)=O)nn1. The fourth-order valence-electron chi connectivity index (χ4n) is 1.67. The van der Waals surface area contributed by atoms with Crippen molar-refractivity contribution in [3.05, 3.63) is 53.2 Å². The maximum absolute atomic E-state index is 10.9. The summed E-state index contributed by atoms with van der Waals surface area (Å²) in [5.41, 5.74) is 13.1. The van der Waals surface area contributed by atoms with Crippen molar-refractivity contribution in [2.24, 2.45) is 11.5 Å². The molecule has 0 saturated carbocycles. The van der Waals surface area contributed by atoms with Gasteiger partial charge in [0.05, 0.1) is 0 Å². The Balaban J connectivity index is 2.04. The molecule has 2 aromatic rings. The average molecular weight is 257 g/mol. The Kier molecular flexibility index (Phi) is 4.04. The van der Waals surface area contributed by atoms with E-state index < -0.39 is 5.91 Å². The largest absolute Gasteiger partial charge is 0.364 e. The van der Waals surface area contributed by atoms with Gasteiger partial charge in [0.1, 0.15) is 5.82 Å². The Hall–Kier alpha value is -2.47. The highest BCUT2D eigenvalue weighted by molar-refractivity contribution is 5.90. The minimum absolute atomic E-state index is 0.146. The number of nitrogens with zero attached hydrogens (tertiary/aromatic N) is 2. The van der Waals surface area contributed by atoms with Gasteiger partial charge in [0.15, 0.2) is 5.69 Å². The Labute approximate surface area is 110 Å². The second kappa shape index (κ2) is 5.92. The van der Waals surface area contributed by atoms with E-state index in [2.05, 4.69) is 15.5 Å². The second-order valence-corrected chi connectivity index (χ2v) is 3.99. The van der Waals surface area contributed by atoms with Crippen LogP contribution in [0.25, 0.3) is 0 Å². The van der Waals surface area contributed by atoms with Gasteiger partial charge >= 0.3 is 0 Å². The Morgan fingerprint density at radius 3 is 2.42 bits per heavy atom. The van der Waals surface area contributed by atoms with Gasteiger partial charge in [0, 0.05) is 13.1 Å². The topological polar surface area (TPSA) is 107 Å². The zero-order chi connectivity index (χ0) is 13.7. The van der Waals surface area contributed by atoms with E-state index in [0.717, 1.165) is 11.1 Å². The van der Waals surface area contributed by atoms with Gasteiger partial charge < -0.3 is 16.8 Å². The van der Waals surface area contributed by atoms with E-state index in [-0.39, 0.29) is 5.69 Å². The molecule has 2 rings (SSSR count). The van der Waals surface area contributed by atoms with E-state index >= 15 is 0 Å². The number of amides is 1. The van der Waals surface area contributed by atoms with Gasteiger partial charge in [0.25, 0.3) is 5.91 Å². The highest BCUT2D eigenvalue weighted by Crippen LogP contribution is 2.10. The zero-order valence-corrected chi connectivity index (χ0v) is 10.3. The number of rotatable bonds is 5. The van der Waals surface area contributed by atoms with Gasteiger partial charge in [-0.3, -0.25) is 4.79 Å². The molecule has 0 radical (unpaired) electrons. The third-order valence-corrected chi connectivity index (χ3v) is 2.72. The minimum Gasteiger partial charge on any atom is -0.364 e. The third-order valence-electron chi connectivity index (χ3n) is 2.72. The summed E-state index contributed by atoms with van der Waals surface area (Å²) in [7, 11) is 0. The smallest absolute Gasteiger partial charge is 0.269 e. The van der Waals surface area contributed by atoms with Crippen molar-refractivity contribution in [3.8, 4) is 0 Å². The van der Waals surface area contributed by atoms with Crippen molar-refractivity contribution in [3.63, 3.8) is 0 Å². The van der Waals surface area contributed by atoms with Crippen molar-refractivity contribution < 1.29 is 4.79 Å². The highest BCUT2D eigenvalue weighted by atomic mass is 16.1. The van der Waals surface area contributed by atoms with Crippen molar-refractivity contribution >= 4 is 11.7 Å². The number of carbonyl (C=O) groups excluding carboxylic acids is 1. The molecule has 0 saturated heterocycles. The summed E-state index contributed by atoms with van der Waals surface area (Å²) < 4.78 is 0. The van der Waals surface area contributed by atoms with Crippen LogP contribution in [-0.2, 0) is 13.1 Å². The van der Waals surface area contributed by atoms with E-state index in [4.69, 9.17) is 11.5 Å². The highest BCUT2D eigenvalue weighted by Gasteiger charge is 2.04. The molecule has 98 valence electrons. The number of aromatic nitrogens is 2. The van der Waals surface area contributed by atoms with Gasteiger partial charge in [-0.2, -0.15) is 0 Å². The number of nitrogens with two attached hydrogens (primary N) is 2. The first-order valence-electron chi connectivity index (χ1n) is 5.85. The molecule has 5 N–H and O–H groups in total. The summed E-state index contributed by atoms with van der Waals surface area (Å²) >= 11 is 0. The lowest BCUT2D eigenvalue weighted by Crippen LogP contribution is -2.14. The van der Waals surface area contributed by atoms with Gasteiger partial charge in [-0.15, -0.1) is 10.2 Å². The maximum atomic E-state index is 10.9. The molecule has 6 heteroatoms. The quantitative estimate of drug-likeness (QED) is 0.729. The molecule has 0 atom stereocenters. The summed E-state index contributed by atoms with van der Waals surface area (Å²) in [5, 5.41) is 10.7. The van der Waals surface area contributed by atoms with Crippen molar-refractivity contribution in [2.45, 2.75) is 13.1 Å². The molecule has 1 aromatic heterocycles. The first-order valence-corrected chi connectivity index (χ1v) is 5.85. The van der Waals surface area contributed by atoms with Crippen LogP contribution in [0, 0.1) is 0 Å². The van der Waals surface area contributed by atoms with E-state index in [1.165, 1.54) is 6.07 Å². The Morgan fingerprint density at radius 2 is 1.84 bits per heavy atom. The fourth-order valence-corrected chi connectivity index (χ4v) is 1.67. The third kappa shape index (κ3) is 3.26. The molecule has 0 aliphatic heterocycles. The van der Waals surface area contributed by atoms with E-state index in [9.17, 15) is 4.79 Å². The number of benzene rings is 1. The van der Waals surface area contributed by atoms with Crippen molar-refractivity contribution in [1.82, 2.24) is 10.2 Å². The van der Waals surface area contributed by atoms with E-state index in [1.807, 2.05) is 24.3 Å². The van der Waals surface area contributed by atoms with Gasteiger partial charge in [0.2, 0.25) is 0 Å². The Bertz CT molecular complexity index is 568. The van der Waals surface area contributed by atoms with Crippen LogP contribution in [0.5, 0.6) is 0 Å². The normalized spacial score (nSPS) is 10.2. The number of nitrogens with one attached hydrogen (secondary N) is 1. The molecule has 1 amide bonds. The van der Waals surface area contributed by atoms with Crippen molar-refractivity contribution in [2.75, 3.05) is 5.32 Å². The van der Waals surface area contributed by atoms with Gasteiger partial charge in [-0.1, -0.05) is 24.3 Å². The summed E-state index contributed by atoms with van der Waals surface area (Å²) in [6.07, 6.45) is 0. The molecule has 0 unspecified atom stereocenters. The molecule has 0 fully saturated rings. The first-order chi connectivity index (χ1) is 9.20. The van der Waals surface area contributed by atoms with Crippen LogP contribution >= 0.6 is 0 Å². The monoisotopic (exact) mass is 257 g/mol. The van der Waals surface area contributed by atoms with Crippen LogP contribution in [0.15, 0.2) is 36.4 Å². The lowest BCUT2D eigenvalue weighted by atomic mass is 10.1. The molecule has 0 aliphatic carbocycles. The molecule has 1 heterocycles. The Morgan fingerprint density at radius 1 is 1.11 bits per heavy atom.